The number of ether oxygens (including phenoxy) is 1. The molecule has 1 N–H and O–H groups in total. The maximum absolute atomic E-state index is 8.96. The summed E-state index contributed by atoms with van der Waals surface area (Å²) in [6.07, 6.45) is 3.38. The highest BCUT2D eigenvalue weighted by Crippen LogP contribution is 2.36. The summed E-state index contributed by atoms with van der Waals surface area (Å²) in [5.41, 5.74) is 1.26. The number of benzene rings is 1. The minimum absolute atomic E-state index is 0.337. The first-order valence-electron chi connectivity index (χ1n) is 7.64. The van der Waals surface area contributed by atoms with E-state index in [2.05, 4.69) is 36.2 Å². The predicted octanol–water partition coefficient (Wildman–Crippen LogP) is 5.91. The first kappa shape index (κ1) is 17.7. The number of nitrogens with one attached hydrogen (secondary N) is 1. The van der Waals surface area contributed by atoms with Crippen LogP contribution in [0.1, 0.15) is 5.56 Å². The second-order valence-corrected chi connectivity index (χ2v) is 7.63. The Hall–Kier alpha value is -2.73. The third-order valence-electron chi connectivity index (χ3n) is 3.49. The number of nitriles is 1. The second kappa shape index (κ2) is 7.48. The van der Waals surface area contributed by atoms with E-state index in [-0.39, 0.29) is 0 Å². The van der Waals surface area contributed by atoms with Crippen molar-refractivity contribution in [3.63, 3.8) is 0 Å². The Kier molecular flexibility index (Phi) is 4.90. The molecule has 0 aliphatic rings. The summed E-state index contributed by atoms with van der Waals surface area (Å²) in [4.78, 5) is 14.0. The lowest BCUT2D eigenvalue weighted by molar-refractivity contribution is 0.482. The molecule has 0 atom stereocenters. The number of fused-ring (bicyclic) bond motifs is 1. The van der Waals surface area contributed by atoms with Gasteiger partial charge in [-0.25, -0.2) is 15.0 Å². The van der Waals surface area contributed by atoms with Gasteiger partial charge in [0.2, 0.25) is 0 Å². The average molecular weight is 459 g/mol. The molecule has 3 aromatic heterocycles. The van der Waals surface area contributed by atoms with E-state index in [4.69, 9.17) is 21.6 Å². The van der Waals surface area contributed by atoms with Crippen LogP contribution >= 0.6 is 38.9 Å². The number of hydrogen-bond donors (Lipinski definition) is 1. The van der Waals surface area contributed by atoms with Gasteiger partial charge in [0.15, 0.2) is 16.7 Å². The number of thiazole rings is 1. The van der Waals surface area contributed by atoms with Crippen LogP contribution in [-0.4, -0.2) is 15.0 Å². The topological polar surface area (TPSA) is 83.7 Å². The fourth-order valence-corrected chi connectivity index (χ4v) is 3.62. The molecule has 4 rings (SSSR count). The molecule has 0 unspecified atom stereocenters. The molecule has 6 nitrogen and oxygen atoms in total. The zero-order chi connectivity index (χ0) is 18.8. The maximum Gasteiger partial charge on any atom is 0.191 e. The van der Waals surface area contributed by atoms with Gasteiger partial charge in [-0.05, 0) is 46.3 Å². The van der Waals surface area contributed by atoms with Crippen molar-refractivity contribution in [3.05, 3.63) is 63.9 Å². The Morgan fingerprint density at radius 1 is 1.19 bits per heavy atom. The average Bonchev–Trinajstić information content (AvgIpc) is 3.08. The van der Waals surface area contributed by atoms with Crippen LogP contribution in [0.3, 0.4) is 0 Å². The largest absolute Gasteiger partial charge is 0.452 e. The molecule has 0 fully saturated rings. The molecule has 0 saturated carbocycles. The van der Waals surface area contributed by atoms with E-state index in [0.717, 1.165) is 14.8 Å². The zero-order valence-electron chi connectivity index (χ0n) is 13.5. The molecule has 0 amide bonds. The molecule has 0 saturated heterocycles. The van der Waals surface area contributed by atoms with Crippen molar-refractivity contribution in [3.8, 4) is 17.6 Å². The minimum Gasteiger partial charge on any atom is -0.452 e. The van der Waals surface area contributed by atoms with Gasteiger partial charge in [0, 0.05) is 22.9 Å². The smallest absolute Gasteiger partial charge is 0.191 e. The van der Waals surface area contributed by atoms with E-state index in [1.807, 2.05) is 18.2 Å². The highest BCUT2D eigenvalue weighted by atomic mass is 79.9. The van der Waals surface area contributed by atoms with Crippen molar-refractivity contribution in [1.29, 1.82) is 5.26 Å². The van der Waals surface area contributed by atoms with Crippen molar-refractivity contribution in [1.82, 2.24) is 15.0 Å². The van der Waals surface area contributed by atoms with E-state index >= 15 is 0 Å². The second-order valence-electron chi connectivity index (χ2n) is 5.33. The van der Waals surface area contributed by atoms with Crippen molar-refractivity contribution >= 4 is 60.2 Å². The third-order valence-corrected chi connectivity index (χ3v) is 5.12. The molecule has 1 aromatic carbocycles. The predicted molar refractivity (Wildman–Crippen MR) is 109 cm³/mol. The van der Waals surface area contributed by atoms with Gasteiger partial charge in [0.1, 0.15) is 16.1 Å². The lowest BCUT2D eigenvalue weighted by Gasteiger charge is -2.12. The fourth-order valence-electron chi connectivity index (χ4n) is 2.29. The van der Waals surface area contributed by atoms with Crippen molar-refractivity contribution in [2.75, 3.05) is 5.32 Å². The quantitative estimate of drug-likeness (QED) is 0.409. The lowest BCUT2D eigenvalue weighted by Crippen LogP contribution is -1.97. The number of aromatic nitrogens is 3. The first-order chi connectivity index (χ1) is 13.1. The molecule has 132 valence electrons. The number of rotatable bonds is 4. The molecular weight excluding hydrogens is 450 g/mol. The Morgan fingerprint density at radius 3 is 2.85 bits per heavy atom. The van der Waals surface area contributed by atoms with Crippen LogP contribution in [0.4, 0.5) is 10.9 Å². The van der Waals surface area contributed by atoms with E-state index in [1.165, 1.54) is 11.3 Å². The van der Waals surface area contributed by atoms with Crippen LogP contribution in [0.2, 0.25) is 5.02 Å². The van der Waals surface area contributed by atoms with Crippen LogP contribution in [0.15, 0.2) is 53.3 Å². The molecule has 0 aliphatic carbocycles. The van der Waals surface area contributed by atoms with Crippen molar-refractivity contribution in [2.45, 2.75) is 0 Å². The highest BCUT2D eigenvalue weighted by molar-refractivity contribution is 9.10. The molecule has 4 aromatic rings. The number of nitrogens with zero attached hydrogens (tertiary/aromatic N) is 4. The first-order valence-corrected chi connectivity index (χ1v) is 9.63. The number of halogens is 2. The van der Waals surface area contributed by atoms with Crippen molar-refractivity contribution < 1.29 is 4.74 Å². The van der Waals surface area contributed by atoms with Crippen molar-refractivity contribution in [2.24, 2.45) is 0 Å². The monoisotopic (exact) mass is 457 g/mol. The van der Waals surface area contributed by atoms with Gasteiger partial charge in [0.25, 0.3) is 0 Å². The molecule has 9 heteroatoms. The van der Waals surface area contributed by atoms with E-state index < -0.39 is 0 Å². The van der Waals surface area contributed by atoms with E-state index in [9.17, 15) is 0 Å². The van der Waals surface area contributed by atoms with Gasteiger partial charge < -0.3 is 10.1 Å². The summed E-state index contributed by atoms with van der Waals surface area (Å²) >= 11 is 11.0. The van der Waals surface area contributed by atoms with Gasteiger partial charge >= 0.3 is 0 Å². The van der Waals surface area contributed by atoms with Gasteiger partial charge in [-0.15, -0.1) is 0 Å². The molecule has 0 spiro atoms. The Balaban J connectivity index is 1.67. The van der Waals surface area contributed by atoms with Crippen LogP contribution in [-0.2, 0) is 0 Å². The standard InChI is InChI=1S/C18H9BrClN5OS/c19-11-7-15(26-14-4-3-10(8-21)6-12(14)20)16(23-9-11)25-18-24-13-2-1-5-22-17(13)27-18/h1-7,9H,(H,23,24,25). The molecule has 0 bridgehead atoms. The normalized spacial score (nSPS) is 10.6. The molecule has 3 heterocycles. The Morgan fingerprint density at radius 2 is 2.07 bits per heavy atom. The van der Waals surface area contributed by atoms with E-state index in [0.29, 0.717) is 33.0 Å². The summed E-state index contributed by atoms with van der Waals surface area (Å²) in [6.45, 7) is 0. The molecule has 27 heavy (non-hydrogen) atoms. The zero-order valence-corrected chi connectivity index (χ0v) is 16.6. The maximum atomic E-state index is 8.96. The number of pyridine rings is 2. The summed E-state index contributed by atoms with van der Waals surface area (Å²) in [7, 11) is 0. The molecule has 0 radical (unpaired) electrons. The van der Waals surface area contributed by atoms with Crippen LogP contribution in [0.25, 0.3) is 10.3 Å². The van der Waals surface area contributed by atoms with Crippen LogP contribution in [0, 0.1) is 11.3 Å². The molecular formula is C18H9BrClN5OS. The summed E-state index contributed by atoms with van der Waals surface area (Å²) in [6, 6.07) is 12.4. The van der Waals surface area contributed by atoms with Crippen LogP contribution < -0.4 is 10.1 Å². The van der Waals surface area contributed by atoms with E-state index in [1.54, 1.807) is 36.7 Å². The highest BCUT2D eigenvalue weighted by Gasteiger charge is 2.13. The number of anilines is 2. The van der Waals surface area contributed by atoms with Gasteiger partial charge in [-0.2, -0.15) is 5.26 Å². The Labute approximate surface area is 171 Å². The molecule has 0 aliphatic heterocycles. The van der Waals surface area contributed by atoms with Crippen LogP contribution in [0.5, 0.6) is 11.5 Å². The lowest BCUT2D eigenvalue weighted by atomic mass is 10.2. The Bertz CT molecular complexity index is 1160. The summed E-state index contributed by atoms with van der Waals surface area (Å²) in [5.74, 6) is 1.37. The summed E-state index contributed by atoms with van der Waals surface area (Å²) < 4.78 is 6.68. The SMILES string of the molecule is N#Cc1ccc(Oc2cc(Br)cnc2Nc2nc3cccnc3s2)c(Cl)c1. The minimum atomic E-state index is 0.337. The van der Waals surface area contributed by atoms with Gasteiger partial charge in [-0.1, -0.05) is 22.9 Å². The fraction of sp³-hybridized carbons (Fsp3) is 0. The number of hydrogen-bond acceptors (Lipinski definition) is 7. The van der Waals surface area contributed by atoms with Gasteiger partial charge in [-0.3, -0.25) is 0 Å². The third kappa shape index (κ3) is 3.85. The van der Waals surface area contributed by atoms with Gasteiger partial charge in [0.05, 0.1) is 16.7 Å². The summed E-state index contributed by atoms with van der Waals surface area (Å²) in [5, 5.41) is 13.1.